The molecule has 36 nitrogen and oxygen atoms in total. The smallest absolute Gasteiger partial charge is 0.258 e. The van der Waals surface area contributed by atoms with Crippen LogP contribution < -0.4 is 0 Å². The Morgan fingerprint density at radius 1 is 0.267 bits per heavy atom. The van der Waals surface area contributed by atoms with Crippen LogP contribution in [0.5, 0.6) is 0 Å². The van der Waals surface area contributed by atoms with Crippen molar-refractivity contribution in [1.29, 1.82) is 0 Å². The van der Waals surface area contributed by atoms with Crippen LogP contribution in [0.1, 0.15) is 0 Å². The molecule has 60 heavy (non-hydrogen) atoms. The molecular formula is C24H6N12O24. The first-order chi connectivity index (χ1) is 27.8. The number of nitrogens with zero attached hydrogens (tertiary/aromatic N) is 12. The molecule has 0 saturated carbocycles. The van der Waals surface area contributed by atoms with Crippen LogP contribution >= 0.6 is 0 Å². The minimum atomic E-state index is -2.82. The van der Waals surface area contributed by atoms with Crippen molar-refractivity contribution in [1.82, 2.24) is 0 Å². The van der Waals surface area contributed by atoms with Gasteiger partial charge in [0, 0.05) is 11.6 Å². The molecule has 0 amide bonds. The monoisotopic (exact) mass is 846 g/mol. The first-order valence-electron chi connectivity index (χ1n) is 14.3. The molecule has 0 radical (unpaired) electrons. The van der Waals surface area contributed by atoms with Gasteiger partial charge < -0.3 is 0 Å². The molecule has 0 fully saturated rings. The summed E-state index contributed by atoms with van der Waals surface area (Å²) in [6.45, 7) is 0. The predicted octanol–water partition coefficient (Wildman–Crippen LogP) is 5.59. The van der Waals surface area contributed by atoms with Crippen LogP contribution in [0.15, 0.2) is 36.4 Å². The normalized spacial score (nSPS) is 10.6. The molecule has 0 spiro atoms. The number of benzene rings is 4. The van der Waals surface area contributed by atoms with Gasteiger partial charge in [-0.2, -0.15) is 0 Å². The first-order valence-corrected chi connectivity index (χ1v) is 14.3. The highest BCUT2D eigenvalue weighted by atomic mass is 16.7. The zero-order chi connectivity index (χ0) is 45.6. The first kappa shape index (κ1) is 42.4. The summed E-state index contributed by atoms with van der Waals surface area (Å²) in [5.41, 5.74) is -43.7. The lowest BCUT2D eigenvalue weighted by molar-refractivity contribution is -0.459. The van der Waals surface area contributed by atoms with Crippen molar-refractivity contribution in [2.75, 3.05) is 0 Å². The summed E-state index contributed by atoms with van der Waals surface area (Å²) >= 11 is 0. The lowest BCUT2D eigenvalue weighted by Crippen LogP contribution is -2.13. The van der Waals surface area contributed by atoms with Gasteiger partial charge in [-0.05, 0) is 5.56 Å². The van der Waals surface area contributed by atoms with E-state index in [0.29, 0.717) is 12.1 Å². The predicted molar refractivity (Wildman–Crippen MR) is 183 cm³/mol. The number of nitro groups is 12. The summed E-state index contributed by atoms with van der Waals surface area (Å²) in [4.78, 5) is 125. The van der Waals surface area contributed by atoms with Gasteiger partial charge in [0.25, 0.3) is 0 Å². The van der Waals surface area contributed by atoms with Crippen molar-refractivity contribution in [3.8, 4) is 33.4 Å². The van der Waals surface area contributed by atoms with Crippen molar-refractivity contribution in [2.24, 2.45) is 0 Å². The zero-order valence-electron chi connectivity index (χ0n) is 27.6. The molecule has 36 heteroatoms. The van der Waals surface area contributed by atoms with E-state index in [0.717, 1.165) is 18.2 Å². The maximum absolute atomic E-state index is 12.9. The Hall–Kier alpha value is -10.3. The highest BCUT2D eigenvalue weighted by Gasteiger charge is 2.59. The minimum absolute atomic E-state index is 0.486. The molecule has 0 unspecified atom stereocenters. The van der Waals surface area contributed by atoms with E-state index in [4.69, 9.17) is 0 Å². The third-order valence-electron chi connectivity index (χ3n) is 7.81. The summed E-state index contributed by atoms with van der Waals surface area (Å²) in [6.07, 6.45) is 0. The molecule has 0 aromatic heterocycles. The van der Waals surface area contributed by atoms with E-state index in [1.165, 1.54) is 0 Å². The molecule has 4 aromatic carbocycles. The minimum Gasteiger partial charge on any atom is -0.258 e. The summed E-state index contributed by atoms with van der Waals surface area (Å²) in [5, 5.41) is 150. The van der Waals surface area contributed by atoms with Gasteiger partial charge in [-0.15, -0.1) is 0 Å². The molecule has 4 aromatic rings. The molecule has 306 valence electrons. The molecule has 0 N–H and O–H groups in total. The quantitative estimate of drug-likeness (QED) is 0.104. The van der Waals surface area contributed by atoms with Crippen molar-refractivity contribution >= 4 is 68.2 Å². The molecule has 0 aliphatic rings. The second-order valence-electron chi connectivity index (χ2n) is 10.7. The van der Waals surface area contributed by atoms with Gasteiger partial charge in [-0.25, -0.2) is 0 Å². The van der Waals surface area contributed by atoms with Gasteiger partial charge in [-0.1, -0.05) is 30.3 Å². The van der Waals surface area contributed by atoms with E-state index in [1.807, 2.05) is 0 Å². The zero-order valence-corrected chi connectivity index (χ0v) is 27.6. The Kier molecular flexibility index (Phi) is 10.7. The SMILES string of the molecule is O=[N+]([O-])c1cc(-c2c(-c3ccccc3)c([N+](=O)[O-])c([N+](=O)[O-])c([N+](=O)[O-])c2-c2c([N+](=O)[O-])c([N+](=O)[O-])c([N+](=O)[O-])c([N+](=O)[O-])c2[N+](=O)[O-])c([N+](=O)[O-])c([N+](=O)[O-])c1[N+](=O)[O-]. The van der Waals surface area contributed by atoms with Gasteiger partial charge in [0.2, 0.25) is 0 Å². The Balaban J connectivity index is 2.90. The number of rotatable bonds is 15. The third-order valence-corrected chi connectivity index (χ3v) is 7.81. The molecule has 0 atom stereocenters. The van der Waals surface area contributed by atoms with Crippen LogP contribution in [0.25, 0.3) is 33.4 Å². The Labute approximate surface area is 318 Å². The second-order valence-corrected chi connectivity index (χ2v) is 10.7. The molecule has 0 bridgehead atoms. The van der Waals surface area contributed by atoms with Crippen LogP contribution in [-0.4, -0.2) is 59.1 Å². The molecule has 4 rings (SSSR count). The van der Waals surface area contributed by atoms with E-state index >= 15 is 0 Å². The average Bonchev–Trinajstić information content (AvgIpc) is 3.13. The topological polar surface area (TPSA) is 518 Å². The number of nitro benzene ring substituents is 12. The second kappa shape index (κ2) is 15.1. The van der Waals surface area contributed by atoms with E-state index in [9.17, 15) is 121 Å². The summed E-state index contributed by atoms with van der Waals surface area (Å²) in [6, 6.07) is 3.45. The Morgan fingerprint density at radius 3 is 0.883 bits per heavy atom. The fourth-order valence-corrected chi connectivity index (χ4v) is 5.94. The van der Waals surface area contributed by atoms with Crippen LogP contribution in [0.4, 0.5) is 68.2 Å². The fourth-order valence-electron chi connectivity index (χ4n) is 5.94. The number of hydrogen-bond acceptors (Lipinski definition) is 24. The maximum Gasteiger partial charge on any atom is 0.437 e. The summed E-state index contributed by atoms with van der Waals surface area (Å²) in [7, 11) is 0. The van der Waals surface area contributed by atoms with Crippen molar-refractivity contribution < 1.29 is 59.1 Å². The van der Waals surface area contributed by atoms with E-state index in [-0.39, 0.29) is 0 Å². The highest BCUT2D eigenvalue weighted by Crippen LogP contribution is 2.64. The molecular weight excluding hydrogens is 840 g/mol. The lowest BCUT2D eigenvalue weighted by Gasteiger charge is -2.17. The van der Waals surface area contributed by atoms with Gasteiger partial charge >= 0.3 is 68.2 Å². The lowest BCUT2D eigenvalue weighted by atomic mass is 9.81. The Bertz CT molecular complexity index is 2750. The van der Waals surface area contributed by atoms with E-state index in [1.54, 1.807) is 0 Å². The number of hydrogen-bond donors (Lipinski definition) is 0. The molecule has 0 aliphatic carbocycles. The van der Waals surface area contributed by atoms with Crippen LogP contribution in [0.2, 0.25) is 0 Å². The molecule has 0 aliphatic heterocycles. The van der Waals surface area contributed by atoms with Gasteiger partial charge in [0.15, 0.2) is 5.56 Å². The van der Waals surface area contributed by atoms with Gasteiger partial charge in [0.1, 0.15) is 0 Å². The highest BCUT2D eigenvalue weighted by molar-refractivity contribution is 6.14. The van der Waals surface area contributed by atoms with Crippen LogP contribution in [-0.2, 0) is 0 Å². The summed E-state index contributed by atoms with van der Waals surface area (Å²) < 4.78 is 0. The summed E-state index contributed by atoms with van der Waals surface area (Å²) in [5.74, 6) is 0. The van der Waals surface area contributed by atoms with Crippen LogP contribution in [0.3, 0.4) is 0 Å². The average molecular weight is 846 g/mol. The molecule has 0 saturated heterocycles. The van der Waals surface area contributed by atoms with Crippen LogP contribution in [0, 0.1) is 121 Å². The van der Waals surface area contributed by atoms with Gasteiger partial charge in [-0.3, -0.25) is 121 Å². The Morgan fingerprint density at radius 2 is 0.550 bits per heavy atom. The maximum atomic E-state index is 12.9. The third kappa shape index (κ3) is 6.58. The molecule has 0 heterocycles. The standard InChI is InChI=1S/C24H6N12O24/c37-25(38)9-6-8(14(26(39)40)20(32(51)52)15(9)27(41)42)11-10(7-4-2-1-3-5-7)16(28(43)44)21(33(53)54)17(29(45)46)12(11)13-18(30(47)48)22(34(55)56)24(36(59)60)23(35(57)58)19(13)31(49)50/h1-6H. The van der Waals surface area contributed by atoms with Crippen molar-refractivity contribution in [2.45, 2.75) is 0 Å². The fraction of sp³-hybridized carbons (Fsp3) is 0. The van der Waals surface area contributed by atoms with Crippen molar-refractivity contribution in [3.63, 3.8) is 0 Å². The van der Waals surface area contributed by atoms with Crippen molar-refractivity contribution in [3.05, 3.63) is 158 Å². The van der Waals surface area contributed by atoms with E-state index < -0.39 is 167 Å². The largest absolute Gasteiger partial charge is 0.437 e. The van der Waals surface area contributed by atoms with Gasteiger partial charge in [0.05, 0.1) is 75.8 Å². The van der Waals surface area contributed by atoms with E-state index in [2.05, 4.69) is 0 Å².